The van der Waals surface area contributed by atoms with E-state index in [0.29, 0.717) is 6.54 Å². The lowest BCUT2D eigenvalue weighted by molar-refractivity contribution is 0.250. The second kappa shape index (κ2) is 5.02. The molecule has 0 radical (unpaired) electrons. The van der Waals surface area contributed by atoms with Gasteiger partial charge in [-0.3, -0.25) is 0 Å². The second-order valence-electron chi connectivity index (χ2n) is 3.64. The average Bonchev–Trinajstić information content (AvgIpc) is 2.04. The zero-order valence-corrected chi connectivity index (χ0v) is 8.28. The molecule has 0 aromatic carbocycles. The van der Waals surface area contributed by atoms with Crippen LogP contribution in [0.2, 0.25) is 0 Å². The van der Waals surface area contributed by atoms with Crippen molar-refractivity contribution in [2.75, 3.05) is 6.54 Å². The highest BCUT2D eigenvalue weighted by molar-refractivity contribution is 5.85. The largest absolute Gasteiger partial charge is 0.329 e. The van der Waals surface area contributed by atoms with Crippen LogP contribution in [0.4, 0.5) is 0 Å². The summed E-state index contributed by atoms with van der Waals surface area (Å²) in [6.45, 7) is 0.510. The topological polar surface area (TPSA) is 78.1 Å². The van der Waals surface area contributed by atoms with Crippen molar-refractivity contribution in [3.05, 3.63) is 0 Å². The van der Waals surface area contributed by atoms with Gasteiger partial charge in [-0.25, -0.2) is 0 Å². The van der Waals surface area contributed by atoms with Crippen molar-refractivity contribution in [2.24, 2.45) is 17.2 Å². The first-order valence-corrected chi connectivity index (χ1v) is 4.43. The third-order valence-corrected chi connectivity index (χ3v) is 2.78. The molecule has 0 amide bonds. The minimum absolute atomic E-state index is 0. The minimum Gasteiger partial charge on any atom is -0.329 e. The molecule has 3 nitrogen and oxygen atoms in total. The van der Waals surface area contributed by atoms with E-state index in [0.717, 1.165) is 12.8 Å². The molecule has 0 aromatic heterocycles. The van der Waals surface area contributed by atoms with Gasteiger partial charge in [0.25, 0.3) is 0 Å². The lowest BCUT2D eigenvalue weighted by atomic mass is 9.77. The summed E-state index contributed by atoms with van der Waals surface area (Å²) in [6, 6.07) is -0.0113. The van der Waals surface area contributed by atoms with Crippen LogP contribution in [-0.2, 0) is 0 Å². The summed E-state index contributed by atoms with van der Waals surface area (Å²) < 4.78 is 0. The van der Waals surface area contributed by atoms with Crippen LogP contribution < -0.4 is 17.2 Å². The van der Waals surface area contributed by atoms with Crippen LogP contribution in [0.3, 0.4) is 0 Å². The highest BCUT2D eigenvalue weighted by atomic mass is 35.5. The summed E-state index contributed by atoms with van der Waals surface area (Å²) in [6.07, 6.45) is 5.82. The Bertz CT molecular complexity index is 123. The zero-order valence-electron chi connectivity index (χ0n) is 7.46. The molecule has 0 heterocycles. The van der Waals surface area contributed by atoms with Crippen LogP contribution >= 0.6 is 12.4 Å². The molecule has 0 aliphatic heterocycles. The van der Waals surface area contributed by atoms with Gasteiger partial charge in [-0.05, 0) is 12.8 Å². The smallest absolute Gasteiger partial charge is 0.0346 e. The molecular formula is C8H20ClN3. The maximum absolute atomic E-state index is 6.11. The van der Waals surface area contributed by atoms with Crippen LogP contribution in [-0.4, -0.2) is 18.1 Å². The molecule has 6 N–H and O–H groups in total. The molecule has 1 aliphatic rings. The van der Waals surface area contributed by atoms with E-state index >= 15 is 0 Å². The number of hydrogen-bond donors (Lipinski definition) is 3. The van der Waals surface area contributed by atoms with Crippen LogP contribution in [0.15, 0.2) is 0 Å². The predicted octanol–water partition coefficient (Wildman–Crippen LogP) is 0.356. The molecule has 1 aliphatic carbocycles. The molecule has 1 unspecified atom stereocenters. The van der Waals surface area contributed by atoms with E-state index in [1.54, 1.807) is 0 Å². The monoisotopic (exact) mass is 193 g/mol. The van der Waals surface area contributed by atoms with Gasteiger partial charge in [0.1, 0.15) is 0 Å². The first-order chi connectivity index (χ1) is 5.19. The van der Waals surface area contributed by atoms with Crippen LogP contribution in [0.25, 0.3) is 0 Å². The number of hydrogen-bond acceptors (Lipinski definition) is 3. The zero-order chi connectivity index (χ0) is 8.32. The lowest BCUT2D eigenvalue weighted by Gasteiger charge is -2.37. The Hall–Kier alpha value is 0.170. The van der Waals surface area contributed by atoms with Gasteiger partial charge >= 0.3 is 0 Å². The van der Waals surface area contributed by atoms with E-state index in [9.17, 15) is 0 Å². The summed E-state index contributed by atoms with van der Waals surface area (Å²) in [7, 11) is 0. The Morgan fingerprint density at radius 1 is 1.17 bits per heavy atom. The summed E-state index contributed by atoms with van der Waals surface area (Å²) in [5.74, 6) is 0. The van der Waals surface area contributed by atoms with E-state index in [-0.39, 0.29) is 24.0 Å². The standard InChI is InChI=1S/C8H19N3.ClH/c9-6-7(10)8(11)4-2-1-3-5-8;/h7H,1-6,9-11H2;1H. The summed E-state index contributed by atoms with van der Waals surface area (Å²) >= 11 is 0. The third kappa shape index (κ3) is 2.59. The van der Waals surface area contributed by atoms with Gasteiger partial charge in [0, 0.05) is 18.1 Å². The molecule has 1 rings (SSSR count). The fraction of sp³-hybridized carbons (Fsp3) is 1.00. The van der Waals surface area contributed by atoms with Gasteiger partial charge in [0.05, 0.1) is 0 Å². The molecule has 0 spiro atoms. The second-order valence-corrected chi connectivity index (χ2v) is 3.64. The third-order valence-electron chi connectivity index (χ3n) is 2.78. The van der Waals surface area contributed by atoms with E-state index in [2.05, 4.69) is 0 Å². The van der Waals surface area contributed by atoms with Crippen molar-refractivity contribution in [2.45, 2.75) is 43.7 Å². The molecule has 74 valence electrons. The number of halogens is 1. The van der Waals surface area contributed by atoms with E-state index in [1.807, 2.05) is 0 Å². The Morgan fingerprint density at radius 2 is 1.67 bits per heavy atom. The predicted molar refractivity (Wildman–Crippen MR) is 54.3 cm³/mol. The van der Waals surface area contributed by atoms with Gasteiger partial charge < -0.3 is 17.2 Å². The lowest BCUT2D eigenvalue weighted by Crippen LogP contribution is -2.59. The normalized spacial score (nSPS) is 24.2. The SMILES string of the molecule is Cl.NCC(N)C1(N)CCCCC1. The number of rotatable bonds is 2. The first-order valence-electron chi connectivity index (χ1n) is 4.43. The fourth-order valence-electron chi connectivity index (χ4n) is 1.82. The Balaban J connectivity index is 0.00000121. The molecule has 1 fully saturated rings. The summed E-state index contributed by atoms with van der Waals surface area (Å²) in [5, 5.41) is 0. The summed E-state index contributed by atoms with van der Waals surface area (Å²) in [4.78, 5) is 0. The van der Waals surface area contributed by atoms with Crippen molar-refractivity contribution in [1.82, 2.24) is 0 Å². The van der Waals surface area contributed by atoms with Crippen LogP contribution in [0.5, 0.6) is 0 Å². The molecular weight excluding hydrogens is 174 g/mol. The molecule has 4 heteroatoms. The van der Waals surface area contributed by atoms with Gasteiger partial charge in [-0.1, -0.05) is 19.3 Å². The van der Waals surface area contributed by atoms with Gasteiger partial charge in [-0.15, -0.1) is 12.4 Å². The molecule has 0 bridgehead atoms. The van der Waals surface area contributed by atoms with Crippen molar-refractivity contribution in [1.29, 1.82) is 0 Å². The van der Waals surface area contributed by atoms with Crippen molar-refractivity contribution >= 4 is 12.4 Å². The molecule has 0 aromatic rings. The highest BCUT2D eigenvalue weighted by Gasteiger charge is 2.32. The quantitative estimate of drug-likeness (QED) is 0.593. The Kier molecular flexibility index (Phi) is 5.09. The molecule has 1 saturated carbocycles. The van der Waals surface area contributed by atoms with Crippen LogP contribution in [0.1, 0.15) is 32.1 Å². The van der Waals surface area contributed by atoms with Crippen molar-refractivity contribution in [3.63, 3.8) is 0 Å². The summed E-state index contributed by atoms with van der Waals surface area (Å²) in [5.41, 5.74) is 17.3. The van der Waals surface area contributed by atoms with Gasteiger partial charge in [-0.2, -0.15) is 0 Å². The minimum atomic E-state index is -0.160. The van der Waals surface area contributed by atoms with Gasteiger partial charge in [0.15, 0.2) is 0 Å². The molecule has 1 atom stereocenters. The van der Waals surface area contributed by atoms with Crippen LogP contribution in [0, 0.1) is 0 Å². The van der Waals surface area contributed by atoms with E-state index in [1.165, 1.54) is 19.3 Å². The van der Waals surface area contributed by atoms with Crippen molar-refractivity contribution < 1.29 is 0 Å². The van der Waals surface area contributed by atoms with Crippen molar-refractivity contribution in [3.8, 4) is 0 Å². The van der Waals surface area contributed by atoms with Gasteiger partial charge in [0.2, 0.25) is 0 Å². The molecule has 0 saturated heterocycles. The number of nitrogens with two attached hydrogens (primary N) is 3. The maximum atomic E-state index is 6.11. The highest BCUT2D eigenvalue weighted by Crippen LogP contribution is 2.27. The van der Waals surface area contributed by atoms with E-state index < -0.39 is 0 Å². The average molecular weight is 194 g/mol. The fourth-order valence-corrected chi connectivity index (χ4v) is 1.82. The first kappa shape index (κ1) is 12.2. The molecule has 12 heavy (non-hydrogen) atoms. The Morgan fingerprint density at radius 3 is 2.08 bits per heavy atom. The Labute approximate surface area is 80.5 Å². The van der Waals surface area contributed by atoms with E-state index in [4.69, 9.17) is 17.2 Å². The maximum Gasteiger partial charge on any atom is 0.0346 e.